The van der Waals surface area contributed by atoms with Gasteiger partial charge in [0, 0.05) is 16.6 Å². The third-order valence-corrected chi connectivity index (χ3v) is 7.59. The van der Waals surface area contributed by atoms with E-state index in [2.05, 4.69) is 0 Å². The number of aryl methyl sites for hydroxylation is 1. The highest BCUT2D eigenvalue weighted by molar-refractivity contribution is 7.91. The quantitative estimate of drug-likeness (QED) is 0.444. The van der Waals surface area contributed by atoms with Crippen molar-refractivity contribution in [2.24, 2.45) is 0 Å². The number of hydrogen-bond acceptors (Lipinski definition) is 5. The molecule has 156 valence electrons. The van der Waals surface area contributed by atoms with E-state index in [0.717, 1.165) is 5.56 Å². The second-order valence-electron chi connectivity index (χ2n) is 7.68. The summed E-state index contributed by atoms with van der Waals surface area (Å²) < 4.78 is 24.1. The Labute approximate surface area is 179 Å². The molecule has 2 heterocycles. The molecule has 4 rings (SSSR count). The van der Waals surface area contributed by atoms with Gasteiger partial charge in [-0.25, -0.2) is 8.42 Å². The summed E-state index contributed by atoms with van der Waals surface area (Å²) in [7, 11) is -3.29. The van der Waals surface area contributed by atoms with Crippen LogP contribution in [0, 0.1) is 6.92 Å². The molecule has 1 N–H and O–H groups in total. The minimum absolute atomic E-state index is 0.0357. The highest BCUT2D eigenvalue weighted by Crippen LogP contribution is 2.42. The van der Waals surface area contributed by atoms with Gasteiger partial charge in [-0.15, -0.1) is 0 Å². The number of benzene rings is 2. The molecule has 0 aliphatic carbocycles. The van der Waals surface area contributed by atoms with Gasteiger partial charge in [-0.3, -0.25) is 9.59 Å². The molecule has 2 atom stereocenters. The number of carbonyl (C=O) groups excluding carboxylic acids is 2. The van der Waals surface area contributed by atoms with Gasteiger partial charge in [0.05, 0.1) is 23.1 Å². The zero-order chi connectivity index (χ0) is 21.6. The maximum atomic E-state index is 13.0. The Morgan fingerprint density at radius 3 is 2.27 bits per heavy atom. The number of nitrogens with zero attached hydrogens (tertiary/aromatic N) is 1. The maximum Gasteiger partial charge on any atom is 0.295 e. The minimum atomic E-state index is -3.29. The van der Waals surface area contributed by atoms with Gasteiger partial charge in [0.1, 0.15) is 5.76 Å². The molecule has 30 heavy (non-hydrogen) atoms. The van der Waals surface area contributed by atoms with E-state index in [0.29, 0.717) is 16.1 Å². The molecule has 2 aromatic rings. The Hall–Kier alpha value is -2.64. The molecule has 0 bridgehead atoms. The summed E-state index contributed by atoms with van der Waals surface area (Å²) in [6.45, 7) is 1.90. The van der Waals surface area contributed by atoms with Crippen LogP contribution in [0.4, 0.5) is 0 Å². The lowest BCUT2D eigenvalue weighted by Gasteiger charge is -2.30. The van der Waals surface area contributed by atoms with Crippen molar-refractivity contribution < 1.29 is 23.1 Å². The fraction of sp³-hybridized carbons (Fsp3) is 0.273. The lowest BCUT2D eigenvalue weighted by molar-refractivity contribution is -0.141. The van der Waals surface area contributed by atoms with E-state index in [9.17, 15) is 23.1 Å². The number of amides is 1. The number of rotatable bonds is 3. The standard InChI is InChI=1S/C22H20ClNO5S/c1-13-2-4-15(5-3-13)20(25)18-19(14-6-8-16(23)9-7-14)24(22(27)21(18)26)17-10-11-30(28,29)12-17/h2-9,17,19,25H,10-12H2,1H3/t17-,19-/m0/s1. The monoisotopic (exact) mass is 445 g/mol. The first-order chi connectivity index (χ1) is 14.2. The predicted octanol–water partition coefficient (Wildman–Crippen LogP) is 3.26. The van der Waals surface area contributed by atoms with Crippen LogP contribution in [0.3, 0.4) is 0 Å². The van der Waals surface area contributed by atoms with Gasteiger partial charge >= 0.3 is 0 Å². The molecule has 0 spiro atoms. The number of halogens is 1. The van der Waals surface area contributed by atoms with Gasteiger partial charge < -0.3 is 10.0 Å². The van der Waals surface area contributed by atoms with E-state index in [1.54, 1.807) is 48.5 Å². The smallest absolute Gasteiger partial charge is 0.295 e. The summed E-state index contributed by atoms with van der Waals surface area (Å²) in [6.07, 6.45) is 0.254. The van der Waals surface area contributed by atoms with Gasteiger partial charge in [-0.1, -0.05) is 53.6 Å². The Morgan fingerprint density at radius 2 is 1.70 bits per heavy atom. The second-order valence-corrected chi connectivity index (χ2v) is 10.3. The number of Topliss-reactive ketones (excluding diaryl/α,β-unsaturated/α-hetero) is 1. The van der Waals surface area contributed by atoms with Crippen LogP contribution < -0.4 is 0 Å². The SMILES string of the molecule is Cc1ccc(C(O)=C2C(=O)C(=O)N([C@H]3CCS(=O)(=O)C3)[C@H]2c2ccc(Cl)cc2)cc1. The van der Waals surface area contributed by atoms with Crippen LogP contribution in [0.15, 0.2) is 54.1 Å². The first-order valence-corrected chi connectivity index (χ1v) is 11.7. The molecule has 0 radical (unpaired) electrons. The second kappa shape index (κ2) is 7.56. The number of ketones is 1. The lowest BCUT2D eigenvalue weighted by Crippen LogP contribution is -2.40. The molecule has 0 aromatic heterocycles. The van der Waals surface area contributed by atoms with Crippen molar-refractivity contribution in [3.8, 4) is 0 Å². The van der Waals surface area contributed by atoms with Crippen LogP contribution in [0.25, 0.3) is 5.76 Å². The molecule has 2 saturated heterocycles. The third kappa shape index (κ3) is 3.63. The normalized spacial score (nSPS) is 25.1. The van der Waals surface area contributed by atoms with Crippen LogP contribution in [-0.2, 0) is 19.4 Å². The van der Waals surface area contributed by atoms with Gasteiger partial charge in [-0.2, -0.15) is 0 Å². The fourth-order valence-corrected chi connectivity index (χ4v) is 5.90. The molecular formula is C22H20ClNO5S. The van der Waals surface area contributed by atoms with E-state index < -0.39 is 33.6 Å². The van der Waals surface area contributed by atoms with Crippen molar-refractivity contribution in [3.63, 3.8) is 0 Å². The molecule has 2 aromatic carbocycles. The highest BCUT2D eigenvalue weighted by atomic mass is 35.5. The molecule has 0 saturated carbocycles. The first-order valence-electron chi connectivity index (χ1n) is 9.51. The van der Waals surface area contributed by atoms with Crippen molar-refractivity contribution in [1.82, 2.24) is 4.90 Å². The molecule has 6 nitrogen and oxygen atoms in total. The van der Waals surface area contributed by atoms with Crippen molar-refractivity contribution in [2.45, 2.75) is 25.4 Å². The summed E-state index contributed by atoms with van der Waals surface area (Å²) in [5.41, 5.74) is 1.93. The molecule has 8 heteroatoms. The maximum absolute atomic E-state index is 13.0. The summed E-state index contributed by atoms with van der Waals surface area (Å²) in [6, 6.07) is 12.1. The summed E-state index contributed by atoms with van der Waals surface area (Å²) in [4.78, 5) is 27.3. The molecule has 2 aliphatic rings. The third-order valence-electron chi connectivity index (χ3n) is 5.59. The van der Waals surface area contributed by atoms with E-state index in [-0.39, 0.29) is 29.3 Å². The van der Waals surface area contributed by atoms with E-state index >= 15 is 0 Å². The molecule has 2 fully saturated rings. The summed E-state index contributed by atoms with van der Waals surface area (Å²) >= 11 is 6.00. The average Bonchev–Trinajstić information content (AvgIpc) is 3.19. The van der Waals surface area contributed by atoms with Crippen LogP contribution >= 0.6 is 11.6 Å². The van der Waals surface area contributed by atoms with Crippen LogP contribution in [0.5, 0.6) is 0 Å². The first kappa shape index (κ1) is 20.6. The van der Waals surface area contributed by atoms with Crippen molar-refractivity contribution in [1.29, 1.82) is 0 Å². The number of carbonyl (C=O) groups is 2. The minimum Gasteiger partial charge on any atom is -0.507 e. The Balaban J connectivity index is 1.88. The van der Waals surface area contributed by atoms with Gasteiger partial charge in [0.15, 0.2) is 9.84 Å². The van der Waals surface area contributed by atoms with E-state index in [4.69, 9.17) is 11.6 Å². The van der Waals surface area contributed by atoms with Gasteiger partial charge in [-0.05, 0) is 31.0 Å². The van der Waals surface area contributed by atoms with Crippen LogP contribution in [0.1, 0.15) is 29.2 Å². The predicted molar refractivity (Wildman–Crippen MR) is 114 cm³/mol. The van der Waals surface area contributed by atoms with E-state index in [1.165, 1.54) is 4.90 Å². The van der Waals surface area contributed by atoms with Crippen molar-refractivity contribution in [3.05, 3.63) is 75.8 Å². The largest absolute Gasteiger partial charge is 0.507 e. The zero-order valence-corrected chi connectivity index (χ0v) is 17.8. The zero-order valence-electron chi connectivity index (χ0n) is 16.2. The Morgan fingerprint density at radius 1 is 1.07 bits per heavy atom. The molecule has 1 amide bonds. The van der Waals surface area contributed by atoms with Gasteiger partial charge in [0.2, 0.25) is 0 Å². The Kier molecular flexibility index (Phi) is 5.20. The van der Waals surface area contributed by atoms with Gasteiger partial charge in [0.25, 0.3) is 11.7 Å². The van der Waals surface area contributed by atoms with Crippen LogP contribution in [0.2, 0.25) is 5.02 Å². The highest BCUT2D eigenvalue weighted by Gasteiger charge is 2.50. The molecule has 2 aliphatic heterocycles. The topological polar surface area (TPSA) is 91.8 Å². The average molecular weight is 446 g/mol. The summed E-state index contributed by atoms with van der Waals surface area (Å²) in [5.74, 6) is -2.14. The number of aliphatic hydroxyl groups is 1. The van der Waals surface area contributed by atoms with E-state index in [1.807, 2.05) is 6.92 Å². The van der Waals surface area contributed by atoms with Crippen LogP contribution in [-0.4, -0.2) is 47.7 Å². The van der Waals surface area contributed by atoms with Crippen molar-refractivity contribution in [2.75, 3.05) is 11.5 Å². The molecular weight excluding hydrogens is 426 g/mol. The summed E-state index contributed by atoms with van der Waals surface area (Å²) in [5, 5.41) is 11.5. The fourth-order valence-electron chi connectivity index (χ4n) is 4.06. The number of sulfone groups is 1. The lowest BCUT2D eigenvalue weighted by atomic mass is 9.94. The van der Waals surface area contributed by atoms with Crippen molar-refractivity contribution >= 4 is 38.9 Å². The number of hydrogen-bond donors (Lipinski definition) is 1. The number of aliphatic hydroxyl groups excluding tert-OH is 1. The molecule has 0 unspecified atom stereocenters. The Bertz CT molecular complexity index is 1150. The number of likely N-dealkylation sites (tertiary alicyclic amines) is 1.